The minimum Gasteiger partial charge on any atom is -0.434 e. The van der Waals surface area contributed by atoms with Crippen LogP contribution in [-0.4, -0.2) is 12.8 Å². The predicted molar refractivity (Wildman–Crippen MR) is 48.8 cm³/mol. The Kier molecular flexibility index (Phi) is 3.31. The standard InChI is InChI=1S/C10H12O3/c1-3-12-10(11)13-9-7-5-4-6-8(9)2/h4-7H,3H2,1-2H3. The predicted octanol–water partition coefficient (Wildman–Crippen LogP) is 2.53. The summed E-state index contributed by atoms with van der Waals surface area (Å²) < 4.78 is 9.56. The summed E-state index contributed by atoms with van der Waals surface area (Å²) in [6.45, 7) is 3.93. The van der Waals surface area contributed by atoms with E-state index < -0.39 is 6.16 Å². The molecule has 1 aromatic carbocycles. The van der Waals surface area contributed by atoms with E-state index in [0.717, 1.165) is 5.56 Å². The zero-order valence-corrected chi connectivity index (χ0v) is 7.74. The van der Waals surface area contributed by atoms with E-state index in [0.29, 0.717) is 12.4 Å². The van der Waals surface area contributed by atoms with Crippen LogP contribution in [0.5, 0.6) is 5.75 Å². The maximum Gasteiger partial charge on any atom is 0.513 e. The average Bonchev–Trinajstić information content (AvgIpc) is 2.09. The molecule has 70 valence electrons. The van der Waals surface area contributed by atoms with Gasteiger partial charge in [-0.15, -0.1) is 0 Å². The third-order valence-electron chi connectivity index (χ3n) is 1.55. The molecule has 1 aromatic rings. The molecule has 0 aliphatic rings. The number of hydrogen-bond acceptors (Lipinski definition) is 3. The van der Waals surface area contributed by atoms with Crippen LogP contribution in [0.1, 0.15) is 12.5 Å². The number of ether oxygens (including phenoxy) is 2. The van der Waals surface area contributed by atoms with Crippen molar-refractivity contribution in [1.29, 1.82) is 0 Å². The molecule has 3 heteroatoms. The van der Waals surface area contributed by atoms with Crippen LogP contribution in [0.2, 0.25) is 0 Å². The SMILES string of the molecule is CCOC(=O)Oc1ccccc1C. The molecule has 0 fully saturated rings. The Hall–Kier alpha value is -1.51. The second-order valence-electron chi connectivity index (χ2n) is 2.55. The van der Waals surface area contributed by atoms with Gasteiger partial charge >= 0.3 is 6.16 Å². The molecule has 0 aliphatic carbocycles. The largest absolute Gasteiger partial charge is 0.513 e. The Labute approximate surface area is 77.3 Å². The maximum absolute atomic E-state index is 10.9. The van der Waals surface area contributed by atoms with Gasteiger partial charge < -0.3 is 9.47 Å². The van der Waals surface area contributed by atoms with Crippen LogP contribution in [0.25, 0.3) is 0 Å². The number of aryl methyl sites for hydroxylation is 1. The first-order valence-corrected chi connectivity index (χ1v) is 4.14. The summed E-state index contributed by atoms with van der Waals surface area (Å²) in [5, 5.41) is 0. The van der Waals surface area contributed by atoms with Crippen molar-refractivity contribution in [2.45, 2.75) is 13.8 Å². The highest BCUT2D eigenvalue weighted by molar-refractivity contribution is 5.64. The summed E-state index contributed by atoms with van der Waals surface area (Å²) in [4.78, 5) is 10.9. The molecule has 0 saturated carbocycles. The van der Waals surface area contributed by atoms with Crippen molar-refractivity contribution < 1.29 is 14.3 Å². The number of carbonyl (C=O) groups is 1. The minimum atomic E-state index is -0.656. The van der Waals surface area contributed by atoms with Gasteiger partial charge in [0.15, 0.2) is 0 Å². The summed E-state index contributed by atoms with van der Waals surface area (Å²) in [7, 11) is 0. The van der Waals surface area contributed by atoms with Crippen LogP contribution in [0.4, 0.5) is 4.79 Å². The summed E-state index contributed by atoms with van der Waals surface area (Å²) in [5.41, 5.74) is 0.913. The Bertz CT molecular complexity index is 294. The monoisotopic (exact) mass is 180 g/mol. The molecular weight excluding hydrogens is 168 g/mol. The van der Waals surface area contributed by atoms with Gasteiger partial charge in [-0.1, -0.05) is 18.2 Å². The summed E-state index contributed by atoms with van der Waals surface area (Å²) in [5.74, 6) is 0.543. The van der Waals surface area contributed by atoms with Crippen LogP contribution >= 0.6 is 0 Å². The third kappa shape index (κ3) is 2.78. The molecule has 0 atom stereocenters. The van der Waals surface area contributed by atoms with E-state index >= 15 is 0 Å². The van der Waals surface area contributed by atoms with Crippen molar-refractivity contribution in [3.63, 3.8) is 0 Å². The third-order valence-corrected chi connectivity index (χ3v) is 1.55. The van der Waals surface area contributed by atoms with Gasteiger partial charge in [-0.25, -0.2) is 4.79 Å². The molecule has 0 unspecified atom stereocenters. The molecule has 0 spiro atoms. The lowest BCUT2D eigenvalue weighted by Gasteiger charge is -2.05. The van der Waals surface area contributed by atoms with Crippen LogP contribution < -0.4 is 4.74 Å². The van der Waals surface area contributed by atoms with Gasteiger partial charge in [-0.2, -0.15) is 0 Å². The lowest BCUT2D eigenvalue weighted by atomic mass is 10.2. The normalized spacial score (nSPS) is 9.38. The zero-order valence-electron chi connectivity index (χ0n) is 7.74. The molecule has 0 bridgehead atoms. The van der Waals surface area contributed by atoms with Gasteiger partial charge in [0.05, 0.1) is 6.61 Å². The number of para-hydroxylation sites is 1. The second kappa shape index (κ2) is 4.50. The maximum atomic E-state index is 10.9. The first kappa shape index (κ1) is 9.58. The smallest absolute Gasteiger partial charge is 0.434 e. The Morgan fingerprint density at radius 3 is 2.69 bits per heavy atom. The quantitative estimate of drug-likeness (QED) is 0.518. The highest BCUT2D eigenvalue weighted by Crippen LogP contribution is 2.16. The van der Waals surface area contributed by atoms with Crippen molar-refractivity contribution in [3.8, 4) is 5.75 Å². The van der Waals surface area contributed by atoms with Crippen LogP contribution in [0.15, 0.2) is 24.3 Å². The van der Waals surface area contributed by atoms with Gasteiger partial charge in [0, 0.05) is 0 Å². The van der Waals surface area contributed by atoms with Crippen LogP contribution in [0, 0.1) is 6.92 Å². The first-order valence-electron chi connectivity index (χ1n) is 4.14. The lowest BCUT2D eigenvalue weighted by Crippen LogP contribution is -2.10. The molecule has 0 amide bonds. The Morgan fingerprint density at radius 1 is 1.38 bits per heavy atom. The summed E-state index contributed by atoms with van der Waals surface area (Å²) in [6, 6.07) is 7.29. The Morgan fingerprint density at radius 2 is 2.08 bits per heavy atom. The topological polar surface area (TPSA) is 35.5 Å². The highest BCUT2D eigenvalue weighted by Gasteiger charge is 2.05. The van der Waals surface area contributed by atoms with Crippen molar-refractivity contribution in [3.05, 3.63) is 29.8 Å². The highest BCUT2D eigenvalue weighted by atomic mass is 16.7. The number of rotatable bonds is 2. The lowest BCUT2D eigenvalue weighted by molar-refractivity contribution is 0.104. The van der Waals surface area contributed by atoms with E-state index in [-0.39, 0.29) is 0 Å². The van der Waals surface area contributed by atoms with E-state index in [4.69, 9.17) is 4.74 Å². The van der Waals surface area contributed by atoms with E-state index in [9.17, 15) is 4.79 Å². The number of carbonyl (C=O) groups excluding carboxylic acids is 1. The van der Waals surface area contributed by atoms with Gasteiger partial charge in [0.2, 0.25) is 0 Å². The van der Waals surface area contributed by atoms with E-state index in [1.54, 1.807) is 13.0 Å². The molecule has 0 radical (unpaired) electrons. The summed E-state index contributed by atoms with van der Waals surface area (Å²) >= 11 is 0. The molecule has 0 saturated heterocycles. The molecule has 0 N–H and O–H groups in total. The van der Waals surface area contributed by atoms with E-state index in [2.05, 4.69) is 4.74 Å². The second-order valence-corrected chi connectivity index (χ2v) is 2.55. The molecule has 0 heterocycles. The molecule has 3 nitrogen and oxygen atoms in total. The van der Waals surface area contributed by atoms with E-state index in [1.807, 2.05) is 25.1 Å². The van der Waals surface area contributed by atoms with Crippen molar-refractivity contribution >= 4 is 6.16 Å². The van der Waals surface area contributed by atoms with Crippen molar-refractivity contribution in [2.24, 2.45) is 0 Å². The fourth-order valence-electron chi connectivity index (χ4n) is 0.908. The fourth-order valence-corrected chi connectivity index (χ4v) is 0.908. The molecule has 0 aliphatic heterocycles. The van der Waals surface area contributed by atoms with Gasteiger partial charge in [0.25, 0.3) is 0 Å². The van der Waals surface area contributed by atoms with Crippen molar-refractivity contribution in [1.82, 2.24) is 0 Å². The van der Waals surface area contributed by atoms with Gasteiger partial charge in [-0.3, -0.25) is 0 Å². The van der Waals surface area contributed by atoms with Gasteiger partial charge in [-0.05, 0) is 25.5 Å². The number of benzene rings is 1. The number of hydrogen-bond donors (Lipinski definition) is 0. The molecule has 1 rings (SSSR count). The molecule has 0 aromatic heterocycles. The van der Waals surface area contributed by atoms with Crippen molar-refractivity contribution in [2.75, 3.05) is 6.61 Å². The summed E-state index contributed by atoms with van der Waals surface area (Å²) in [6.07, 6.45) is -0.656. The minimum absolute atomic E-state index is 0.324. The molecular formula is C10H12O3. The van der Waals surface area contributed by atoms with Crippen LogP contribution in [-0.2, 0) is 4.74 Å². The van der Waals surface area contributed by atoms with Crippen LogP contribution in [0.3, 0.4) is 0 Å². The molecule has 13 heavy (non-hydrogen) atoms. The average molecular weight is 180 g/mol. The fraction of sp³-hybridized carbons (Fsp3) is 0.300. The Balaban J connectivity index is 2.63. The van der Waals surface area contributed by atoms with E-state index in [1.165, 1.54) is 0 Å². The first-order chi connectivity index (χ1) is 6.24. The van der Waals surface area contributed by atoms with Gasteiger partial charge in [0.1, 0.15) is 5.75 Å². The zero-order chi connectivity index (χ0) is 9.68.